The molecule has 3 rings (SSSR count). The maximum absolute atomic E-state index is 12.2. The van der Waals surface area contributed by atoms with Crippen LogP contribution in [0.5, 0.6) is 0 Å². The molecule has 22 heavy (non-hydrogen) atoms. The van der Waals surface area contributed by atoms with Crippen LogP contribution in [-0.2, 0) is 9.59 Å². The Morgan fingerprint density at radius 3 is 2.27 bits per heavy atom. The van der Waals surface area contributed by atoms with Crippen LogP contribution in [-0.4, -0.2) is 73.5 Å². The monoisotopic (exact) mass is 308 g/mol. The number of nitrogens with one attached hydrogen (secondary N) is 2. The SMILES string of the molecule is O=C(CN1CCN(C(=O)C2CNC2)CC1)NC1CCCCC1. The first-order chi connectivity index (χ1) is 10.7. The average molecular weight is 308 g/mol. The molecule has 0 aromatic rings. The maximum atomic E-state index is 12.2. The molecule has 0 radical (unpaired) electrons. The van der Waals surface area contributed by atoms with E-state index in [0.29, 0.717) is 12.6 Å². The molecule has 0 spiro atoms. The standard InChI is InChI=1S/C16H28N4O2/c21-15(18-14-4-2-1-3-5-14)12-19-6-8-20(9-7-19)16(22)13-10-17-11-13/h13-14,17H,1-12H2,(H,18,21). The van der Waals surface area contributed by atoms with Gasteiger partial charge in [-0.3, -0.25) is 14.5 Å². The van der Waals surface area contributed by atoms with E-state index in [-0.39, 0.29) is 17.7 Å². The van der Waals surface area contributed by atoms with E-state index in [4.69, 9.17) is 0 Å². The molecule has 0 aromatic heterocycles. The van der Waals surface area contributed by atoms with Gasteiger partial charge in [0.05, 0.1) is 12.5 Å². The Bertz CT molecular complexity index is 397. The van der Waals surface area contributed by atoms with Crippen molar-refractivity contribution >= 4 is 11.8 Å². The van der Waals surface area contributed by atoms with Crippen LogP contribution in [0.15, 0.2) is 0 Å². The lowest BCUT2D eigenvalue weighted by Crippen LogP contribution is -2.57. The molecule has 1 aliphatic carbocycles. The zero-order chi connectivity index (χ0) is 15.4. The summed E-state index contributed by atoms with van der Waals surface area (Å²) in [5.41, 5.74) is 0. The molecule has 124 valence electrons. The van der Waals surface area contributed by atoms with Crippen LogP contribution in [0.4, 0.5) is 0 Å². The van der Waals surface area contributed by atoms with Crippen molar-refractivity contribution in [2.75, 3.05) is 45.8 Å². The van der Waals surface area contributed by atoms with Crippen LogP contribution in [0.1, 0.15) is 32.1 Å². The molecule has 2 saturated heterocycles. The van der Waals surface area contributed by atoms with Crippen LogP contribution < -0.4 is 10.6 Å². The molecule has 6 heteroatoms. The fourth-order valence-electron chi connectivity index (χ4n) is 3.57. The summed E-state index contributed by atoms with van der Waals surface area (Å²) in [7, 11) is 0. The summed E-state index contributed by atoms with van der Waals surface area (Å²) in [6.45, 7) is 5.25. The van der Waals surface area contributed by atoms with E-state index in [1.807, 2.05) is 4.90 Å². The maximum Gasteiger partial charge on any atom is 0.234 e. The Labute approximate surface area is 132 Å². The molecule has 2 aliphatic heterocycles. The first-order valence-electron chi connectivity index (χ1n) is 8.73. The topological polar surface area (TPSA) is 64.7 Å². The van der Waals surface area contributed by atoms with Crippen LogP contribution in [0.2, 0.25) is 0 Å². The van der Waals surface area contributed by atoms with E-state index in [1.165, 1.54) is 19.3 Å². The Hall–Kier alpha value is -1.14. The van der Waals surface area contributed by atoms with Crippen molar-refractivity contribution in [2.45, 2.75) is 38.1 Å². The lowest BCUT2D eigenvalue weighted by Gasteiger charge is -2.38. The van der Waals surface area contributed by atoms with Crippen molar-refractivity contribution in [3.8, 4) is 0 Å². The van der Waals surface area contributed by atoms with Gasteiger partial charge in [0.2, 0.25) is 11.8 Å². The summed E-state index contributed by atoms with van der Waals surface area (Å²) in [4.78, 5) is 28.4. The minimum atomic E-state index is 0.148. The van der Waals surface area contributed by atoms with Crippen molar-refractivity contribution in [1.29, 1.82) is 0 Å². The number of carbonyl (C=O) groups is 2. The Morgan fingerprint density at radius 1 is 1.00 bits per heavy atom. The number of carbonyl (C=O) groups excluding carboxylic acids is 2. The molecule has 0 aromatic carbocycles. The molecule has 2 amide bonds. The van der Waals surface area contributed by atoms with Gasteiger partial charge in [-0.1, -0.05) is 19.3 Å². The Morgan fingerprint density at radius 2 is 1.68 bits per heavy atom. The molecular formula is C16H28N4O2. The molecule has 3 aliphatic rings. The molecule has 3 fully saturated rings. The highest BCUT2D eigenvalue weighted by molar-refractivity contribution is 5.80. The largest absolute Gasteiger partial charge is 0.352 e. The third-order valence-corrected chi connectivity index (χ3v) is 5.15. The smallest absolute Gasteiger partial charge is 0.234 e. The van der Waals surface area contributed by atoms with Gasteiger partial charge < -0.3 is 15.5 Å². The number of amides is 2. The summed E-state index contributed by atoms with van der Waals surface area (Å²) in [6.07, 6.45) is 6.04. The van der Waals surface area contributed by atoms with E-state index >= 15 is 0 Å². The van der Waals surface area contributed by atoms with E-state index in [0.717, 1.165) is 52.1 Å². The molecule has 2 heterocycles. The first kappa shape index (κ1) is 15.7. The van der Waals surface area contributed by atoms with E-state index in [2.05, 4.69) is 15.5 Å². The Balaban J connectivity index is 1.36. The summed E-state index contributed by atoms with van der Waals surface area (Å²) in [5, 5.41) is 6.31. The zero-order valence-corrected chi connectivity index (χ0v) is 13.4. The van der Waals surface area contributed by atoms with Crippen molar-refractivity contribution in [1.82, 2.24) is 20.4 Å². The van der Waals surface area contributed by atoms with Gasteiger partial charge >= 0.3 is 0 Å². The van der Waals surface area contributed by atoms with Crippen LogP contribution in [0.25, 0.3) is 0 Å². The normalized spacial score (nSPS) is 24.8. The van der Waals surface area contributed by atoms with Crippen LogP contribution >= 0.6 is 0 Å². The predicted octanol–water partition coefficient (Wildman–Crippen LogP) is -0.201. The van der Waals surface area contributed by atoms with Crippen molar-refractivity contribution in [2.24, 2.45) is 5.92 Å². The number of nitrogens with zero attached hydrogens (tertiary/aromatic N) is 2. The Kier molecular flexibility index (Phi) is 5.31. The summed E-state index contributed by atoms with van der Waals surface area (Å²) < 4.78 is 0. The third-order valence-electron chi connectivity index (χ3n) is 5.15. The highest BCUT2D eigenvalue weighted by atomic mass is 16.2. The van der Waals surface area contributed by atoms with Crippen molar-refractivity contribution in [3.05, 3.63) is 0 Å². The van der Waals surface area contributed by atoms with Gasteiger partial charge in [0, 0.05) is 45.3 Å². The average Bonchev–Trinajstić information content (AvgIpc) is 2.47. The minimum absolute atomic E-state index is 0.148. The zero-order valence-electron chi connectivity index (χ0n) is 13.4. The second-order valence-electron chi connectivity index (χ2n) is 6.86. The molecule has 0 bridgehead atoms. The molecule has 0 atom stereocenters. The van der Waals surface area contributed by atoms with Gasteiger partial charge in [0.25, 0.3) is 0 Å². The highest BCUT2D eigenvalue weighted by Crippen LogP contribution is 2.17. The van der Waals surface area contributed by atoms with Crippen LogP contribution in [0.3, 0.4) is 0 Å². The molecular weight excluding hydrogens is 280 g/mol. The third kappa shape index (κ3) is 3.98. The molecule has 1 saturated carbocycles. The van der Waals surface area contributed by atoms with Gasteiger partial charge in [-0.25, -0.2) is 0 Å². The lowest BCUT2D eigenvalue weighted by molar-refractivity contribution is -0.139. The summed E-state index contributed by atoms with van der Waals surface area (Å²) in [6, 6.07) is 0.384. The predicted molar refractivity (Wildman–Crippen MR) is 84.4 cm³/mol. The second-order valence-corrected chi connectivity index (χ2v) is 6.86. The first-order valence-corrected chi connectivity index (χ1v) is 8.73. The van der Waals surface area contributed by atoms with Gasteiger partial charge in [-0.15, -0.1) is 0 Å². The van der Waals surface area contributed by atoms with Gasteiger partial charge in [-0.2, -0.15) is 0 Å². The van der Waals surface area contributed by atoms with Gasteiger partial charge in [0.15, 0.2) is 0 Å². The number of piperazine rings is 1. The van der Waals surface area contributed by atoms with Crippen LogP contribution in [0, 0.1) is 5.92 Å². The van der Waals surface area contributed by atoms with Crippen molar-refractivity contribution < 1.29 is 9.59 Å². The second kappa shape index (κ2) is 7.42. The van der Waals surface area contributed by atoms with Gasteiger partial charge in [-0.05, 0) is 12.8 Å². The van der Waals surface area contributed by atoms with Gasteiger partial charge in [0.1, 0.15) is 0 Å². The molecule has 6 nitrogen and oxygen atoms in total. The van der Waals surface area contributed by atoms with E-state index < -0.39 is 0 Å². The summed E-state index contributed by atoms with van der Waals surface area (Å²) in [5.74, 6) is 0.612. The van der Waals surface area contributed by atoms with E-state index in [9.17, 15) is 9.59 Å². The number of rotatable bonds is 4. The van der Waals surface area contributed by atoms with Crippen molar-refractivity contribution in [3.63, 3.8) is 0 Å². The fraction of sp³-hybridized carbons (Fsp3) is 0.875. The fourth-order valence-corrected chi connectivity index (χ4v) is 3.57. The highest BCUT2D eigenvalue weighted by Gasteiger charge is 2.31. The minimum Gasteiger partial charge on any atom is -0.352 e. The van der Waals surface area contributed by atoms with E-state index in [1.54, 1.807) is 0 Å². The number of hydrogen-bond acceptors (Lipinski definition) is 4. The lowest BCUT2D eigenvalue weighted by atomic mass is 9.95. The molecule has 0 unspecified atom stereocenters. The quantitative estimate of drug-likeness (QED) is 0.755. The summed E-state index contributed by atoms with van der Waals surface area (Å²) >= 11 is 0. The number of hydrogen-bond donors (Lipinski definition) is 2. The molecule has 2 N–H and O–H groups in total.